The second kappa shape index (κ2) is 4.88. The summed E-state index contributed by atoms with van der Waals surface area (Å²) in [5.41, 5.74) is 1.94. The molecule has 19 heavy (non-hydrogen) atoms. The Morgan fingerprint density at radius 2 is 1.79 bits per heavy atom. The van der Waals surface area contributed by atoms with E-state index in [9.17, 15) is 4.79 Å². The van der Waals surface area contributed by atoms with Crippen LogP contribution in [0, 0.1) is 0 Å². The molecule has 2 rings (SSSR count). The monoisotopic (exact) mass is 257 g/mol. The zero-order chi connectivity index (χ0) is 14.0. The highest BCUT2D eigenvalue weighted by atomic mass is 16.1. The number of hydrogen-bond acceptors (Lipinski definition) is 2. The standard InChI is InChI=1S/C15H19N3O/c1-15(2,3)12-7-5-11(6-8-12)14(19)16-13-9-10-18(4)17-13/h5-10H,1-4H3,(H,16,17,19). The van der Waals surface area contributed by atoms with E-state index in [0.717, 1.165) is 0 Å². The van der Waals surface area contributed by atoms with Gasteiger partial charge >= 0.3 is 0 Å². The molecule has 4 nitrogen and oxygen atoms in total. The second-order valence-electron chi connectivity index (χ2n) is 5.66. The lowest BCUT2D eigenvalue weighted by Gasteiger charge is -2.18. The van der Waals surface area contributed by atoms with Crippen LogP contribution in [0.15, 0.2) is 36.5 Å². The third-order valence-corrected chi connectivity index (χ3v) is 2.97. The molecule has 0 aliphatic rings. The smallest absolute Gasteiger partial charge is 0.256 e. The lowest BCUT2D eigenvalue weighted by molar-refractivity contribution is 0.102. The fourth-order valence-corrected chi connectivity index (χ4v) is 1.79. The van der Waals surface area contributed by atoms with Crippen LogP contribution in [0.1, 0.15) is 36.7 Å². The van der Waals surface area contributed by atoms with Gasteiger partial charge in [0.25, 0.3) is 5.91 Å². The average Bonchev–Trinajstić information content (AvgIpc) is 2.74. The summed E-state index contributed by atoms with van der Waals surface area (Å²) >= 11 is 0. The van der Waals surface area contributed by atoms with Gasteiger partial charge in [-0.25, -0.2) is 0 Å². The minimum absolute atomic E-state index is 0.0932. The number of benzene rings is 1. The summed E-state index contributed by atoms with van der Waals surface area (Å²) in [7, 11) is 1.81. The number of aryl methyl sites for hydroxylation is 1. The van der Waals surface area contributed by atoms with E-state index in [1.165, 1.54) is 5.56 Å². The van der Waals surface area contributed by atoms with Crippen LogP contribution in [0.5, 0.6) is 0 Å². The van der Waals surface area contributed by atoms with Gasteiger partial charge in [-0.2, -0.15) is 5.10 Å². The lowest BCUT2D eigenvalue weighted by atomic mass is 9.87. The first-order chi connectivity index (χ1) is 8.86. The number of nitrogens with zero attached hydrogens (tertiary/aromatic N) is 2. The minimum atomic E-state index is -0.140. The Hall–Kier alpha value is -2.10. The van der Waals surface area contributed by atoms with Gasteiger partial charge in [0, 0.05) is 24.9 Å². The Morgan fingerprint density at radius 1 is 1.16 bits per heavy atom. The van der Waals surface area contributed by atoms with E-state index >= 15 is 0 Å². The molecule has 1 amide bonds. The quantitative estimate of drug-likeness (QED) is 0.899. The van der Waals surface area contributed by atoms with Crippen LogP contribution in [0.4, 0.5) is 5.82 Å². The van der Waals surface area contributed by atoms with E-state index in [1.54, 1.807) is 16.9 Å². The normalized spacial score (nSPS) is 11.4. The molecular formula is C15H19N3O. The molecule has 1 heterocycles. The van der Waals surface area contributed by atoms with Gasteiger partial charge in [-0.05, 0) is 23.1 Å². The maximum absolute atomic E-state index is 12.0. The van der Waals surface area contributed by atoms with Gasteiger partial charge in [-0.15, -0.1) is 0 Å². The van der Waals surface area contributed by atoms with Crippen LogP contribution in [0.3, 0.4) is 0 Å². The maximum atomic E-state index is 12.0. The van der Waals surface area contributed by atoms with Crippen LogP contribution < -0.4 is 5.32 Å². The highest BCUT2D eigenvalue weighted by Gasteiger charge is 2.14. The summed E-state index contributed by atoms with van der Waals surface area (Å²) < 4.78 is 1.65. The Balaban J connectivity index is 2.12. The molecule has 0 spiro atoms. The van der Waals surface area contributed by atoms with Crippen molar-refractivity contribution < 1.29 is 4.79 Å². The lowest BCUT2D eigenvalue weighted by Crippen LogP contribution is -2.14. The minimum Gasteiger partial charge on any atom is -0.305 e. The number of anilines is 1. The van der Waals surface area contributed by atoms with Crippen molar-refractivity contribution in [2.75, 3.05) is 5.32 Å². The first kappa shape index (κ1) is 13.3. The van der Waals surface area contributed by atoms with Gasteiger partial charge in [0.2, 0.25) is 0 Å². The second-order valence-corrected chi connectivity index (χ2v) is 5.66. The van der Waals surface area contributed by atoms with E-state index in [1.807, 2.05) is 31.3 Å². The van der Waals surface area contributed by atoms with Gasteiger partial charge in [0.15, 0.2) is 5.82 Å². The zero-order valence-corrected chi connectivity index (χ0v) is 11.8. The molecule has 100 valence electrons. The summed E-state index contributed by atoms with van der Waals surface area (Å²) in [6.45, 7) is 6.45. The summed E-state index contributed by atoms with van der Waals surface area (Å²) in [6.07, 6.45) is 1.79. The van der Waals surface area contributed by atoms with E-state index in [4.69, 9.17) is 0 Å². The van der Waals surface area contributed by atoms with Crippen molar-refractivity contribution in [3.05, 3.63) is 47.7 Å². The summed E-state index contributed by atoms with van der Waals surface area (Å²) in [6, 6.07) is 9.44. The molecule has 2 aromatic rings. The summed E-state index contributed by atoms with van der Waals surface area (Å²) in [4.78, 5) is 12.0. The number of rotatable bonds is 2. The number of nitrogens with one attached hydrogen (secondary N) is 1. The molecule has 0 fully saturated rings. The van der Waals surface area contributed by atoms with Gasteiger partial charge in [-0.3, -0.25) is 9.48 Å². The molecule has 0 atom stereocenters. The molecule has 1 N–H and O–H groups in total. The first-order valence-electron chi connectivity index (χ1n) is 6.28. The van der Waals surface area contributed by atoms with E-state index in [-0.39, 0.29) is 11.3 Å². The fraction of sp³-hybridized carbons (Fsp3) is 0.333. The molecule has 4 heteroatoms. The van der Waals surface area contributed by atoms with Crippen molar-refractivity contribution in [1.82, 2.24) is 9.78 Å². The molecule has 1 aromatic heterocycles. The fourth-order valence-electron chi connectivity index (χ4n) is 1.79. The molecule has 0 saturated heterocycles. The van der Waals surface area contributed by atoms with Crippen molar-refractivity contribution in [2.24, 2.45) is 7.05 Å². The first-order valence-corrected chi connectivity index (χ1v) is 6.28. The highest BCUT2D eigenvalue weighted by molar-refractivity contribution is 6.03. The highest BCUT2D eigenvalue weighted by Crippen LogP contribution is 2.22. The third-order valence-electron chi connectivity index (χ3n) is 2.97. The largest absolute Gasteiger partial charge is 0.305 e. The zero-order valence-electron chi connectivity index (χ0n) is 11.8. The van der Waals surface area contributed by atoms with Crippen molar-refractivity contribution in [3.63, 3.8) is 0 Å². The van der Waals surface area contributed by atoms with E-state index in [0.29, 0.717) is 11.4 Å². The van der Waals surface area contributed by atoms with Crippen LogP contribution >= 0.6 is 0 Å². The van der Waals surface area contributed by atoms with Gasteiger partial charge in [0.05, 0.1) is 0 Å². The third kappa shape index (κ3) is 3.22. The van der Waals surface area contributed by atoms with Gasteiger partial charge in [0.1, 0.15) is 0 Å². The number of amides is 1. The molecule has 0 aliphatic carbocycles. The summed E-state index contributed by atoms with van der Waals surface area (Å²) in [5, 5.41) is 6.88. The average molecular weight is 257 g/mol. The number of aromatic nitrogens is 2. The Labute approximate surface area is 113 Å². The van der Waals surface area contributed by atoms with Crippen LogP contribution in [-0.4, -0.2) is 15.7 Å². The van der Waals surface area contributed by atoms with Gasteiger partial charge < -0.3 is 5.32 Å². The Bertz CT molecular complexity index is 576. The molecule has 0 radical (unpaired) electrons. The molecule has 0 saturated carbocycles. The number of carbonyl (C=O) groups excluding carboxylic acids is 1. The predicted octanol–water partition coefficient (Wildman–Crippen LogP) is 2.97. The Morgan fingerprint density at radius 3 is 2.26 bits per heavy atom. The predicted molar refractivity (Wildman–Crippen MR) is 76.3 cm³/mol. The van der Waals surface area contributed by atoms with Crippen LogP contribution in [0.2, 0.25) is 0 Å². The summed E-state index contributed by atoms with van der Waals surface area (Å²) in [5.74, 6) is 0.423. The topological polar surface area (TPSA) is 46.9 Å². The van der Waals surface area contributed by atoms with Crippen molar-refractivity contribution in [1.29, 1.82) is 0 Å². The number of hydrogen-bond donors (Lipinski definition) is 1. The molecular weight excluding hydrogens is 238 g/mol. The van der Waals surface area contributed by atoms with Crippen LogP contribution in [0.25, 0.3) is 0 Å². The number of carbonyl (C=O) groups is 1. The van der Waals surface area contributed by atoms with Crippen molar-refractivity contribution in [3.8, 4) is 0 Å². The molecule has 1 aromatic carbocycles. The Kier molecular flexibility index (Phi) is 3.42. The van der Waals surface area contributed by atoms with Crippen molar-refractivity contribution in [2.45, 2.75) is 26.2 Å². The van der Waals surface area contributed by atoms with E-state index in [2.05, 4.69) is 31.2 Å². The van der Waals surface area contributed by atoms with E-state index < -0.39 is 0 Å². The molecule has 0 bridgehead atoms. The van der Waals surface area contributed by atoms with Crippen molar-refractivity contribution >= 4 is 11.7 Å². The molecule has 0 unspecified atom stereocenters. The van der Waals surface area contributed by atoms with Gasteiger partial charge in [-0.1, -0.05) is 32.9 Å². The molecule has 0 aliphatic heterocycles. The van der Waals surface area contributed by atoms with Crippen LogP contribution in [-0.2, 0) is 12.5 Å². The maximum Gasteiger partial charge on any atom is 0.256 e. The SMILES string of the molecule is Cn1ccc(NC(=O)c2ccc(C(C)(C)C)cc2)n1.